The molecule has 3 N–H and O–H groups in total. The van der Waals surface area contributed by atoms with Gasteiger partial charge >= 0.3 is 0 Å². The summed E-state index contributed by atoms with van der Waals surface area (Å²) in [5.74, 6) is -0.341. The molecule has 0 fully saturated rings. The number of para-hydroxylation sites is 1. The summed E-state index contributed by atoms with van der Waals surface area (Å²) in [7, 11) is 1.88. The second kappa shape index (κ2) is 8.02. The molecule has 1 rings (SSSR count). The molecular formula is C14H22ClN3O. The van der Waals surface area contributed by atoms with Crippen LogP contribution in [0.4, 0.5) is 5.69 Å². The zero-order valence-electron chi connectivity index (χ0n) is 11.6. The summed E-state index contributed by atoms with van der Waals surface area (Å²) >= 11 is 6.30. The van der Waals surface area contributed by atoms with E-state index in [1.807, 2.05) is 30.1 Å². The summed E-state index contributed by atoms with van der Waals surface area (Å²) in [6.45, 7) is 3.79. The minimum atomic E-state index is -0.341. The lowest BCUT2D eigenvalue weighted by atomic mass is 10.1. The van der Waals surface area contributed by atoms with E-state index in [9.17, 15) is 4.79 Å². The molecule has 0 aliphatic carbocycles. The number of anilines is 1. The molecule has 0 saturated carbocycles. The first-order chi connectivity index (χ1) is 9.10. The number of nitrogens with one attached hydrogen (secondary N) is 1. The Morgan fingerprint density at radius 2 is 2.21 bits per heavy atom. The highest BCUT2D eigenvalue weighted by Crippen LogP contribution is 2.30. The van der Waals surface area contributed by atoms with Gasteiger partial charge in [0.25, 0.3) is 0 Å². The number of hydrogen-bond donors (Lipinski definition) is 2. The third-order valence-corrected chi connectivity index (χ3v) is 3.19. The molecule has 1 aromatic carbocycles. The number of carbonyl (C=O) groups excluding carboxylic acids is 1. The summed E-state index contributed by atoms with van der Waals surface area (Å²) in [4.78, 5) is 13.2. The molecule has 5 heteroatoms. The lowest BCUT2D eigenvalue weighted by Gasteiger charge is -2.27. The molecule has 0 spiro atoms. The Balaban J connectivity index is 3.07. The minimum Gasteiger partial charge on any atom is -0.368 e. The quantitative estimate of drug-likeness (QED) is 0.769. The van der Waals surface area contributed by atoms with Crippen molar-refractivity contribution in [2.24, 2.45) is 5.73 Å². The van der Waals surface area contributed by atoms with E-state index in [2.05, 4.69) is 12.2 Å². The topological polar surface area (TPSA) is 58.4 Å². The summed E-state index contributed by atoms with van der Waals surface area (Å²) in [5, 5.41) is 3.77. The average Bonchev–Trinajstić information content (AvgIpc) is 2.35. The maximum atomic E-state index is 11.2. The average molecular weight is 284 g/mol. The van der Waals surface area contributed by atoms with Crippen molar-refractivity contribution in [3.63, 3.8) is 0 Å². The van der Waals surface area contributed by atoms with E-state index in [4.69, 9.17) is 17.3 Å². The van der Waals surface area contributed by atoms with Crippen LogP contribution in [-0.4, -0.2) is 26.0 Å². The van der Waals surface area contributed by atoms with Gasteiger partial charge in [-0.05, 0) is 25.1 Å². The van der Waals surface area contributed by atoms with Crippen LogP contribution in [0.1, 0.15) is 25.3 Å². The Labute approximate surface area is 119 Å². The van der Waals surface area contributed by atoms with Crippen LogP contribution in [0.15, 0.2) is 18.2 Å². The molecule has 0 unspecified atom stereocenters. The van der Waals surface area contributed by atoms with Gasteiger partial charge in [0.15, 0.2) is 0 Å². The Morgan fingerprint density at radius 3 is 2.79 bits per heavy atom. The van der Waals surface area contributed by atoms with Crippen molar-refractivity contribution in [1.29, 1.82) is 0 Å². The Hall–Kier alpha value is -1.26. The lowest BCUT2D eigenvalue weighted by molar-refractivity contribution is -0.116. The maximum absolute atomic E-state index is 11.2. The van der Waals surface area contributed by atoms with Crippen molar-refractivity contribution in [2.75, 3.05) is 25.0 Å². The van der Waals surface area contributed by atoms with Gasteiger partial charge in [-0.2, -0.15) is 0 Å². The monoisotopic (exact) mass is 283 g/mol. The van der Waals surface area contributed by atoms with Crippen LogP contribution in [0.2, 0.25) is 5.02 Å². The Kier molecular flexibility index (Phi) is 6.67. The van der Waals surface area contributed by atoms with Gasteiger partial charge in [0.1, 0.15) is 0 Å². The van der Waals surface area contributed by atoms with Gasteiger partial charge in [0, 0.05) is 13.1 Å². The smallest absolute Gasteiger partial charge is 0.236 e. The van der Waals surface area contributed by atoms with Gasteiger partial charge in [0.2, 0.25) is 5.91 Å². The first-order valence-electron chi connectivity index (χ1n) is 6.55. The number of unbranched alkanes of at least 4 members (excludes halogenated alkanes) is 1. The van der Waals surface area contributed by atoms with Crippen molar-refractivity contribution in [1.82, 2.24) is 5.32 Å². The van der Waals surface area contributed by atoms with Crippen LogP contribution in [-0.2, 0) is 11.3 Å². The number of halogens is 1. The van der Waals surface area contributed by atoms with Gasteiger partial charge in [-0.25, -0.2) is 0 Å². The number of nitrogens with two attached hydrogens (primary N) is 1. The lowest BCUT2D eigenvalue weighted by Crippen LogP contribution is -2.35. The normalized spacial score (nSPS) is 10.5. The van der Waals surface area contributed by atoms with Crippen LogP contribution in [0, 0.1) is 0 Å². The fraction of sp³-hybridized carbons (Fsp3) is 0.500. The van der Waals surface area contributed by atoms with Gasteiger partial charge < -0.3 is 16.0 Å². The van der Waals surface area contributed by atoms with Crippen molar-refractivity contribution < 1.29 is 4.79 Å². The van der Waals surface area contributed by atoms with Gasteiger partial charge in [-0.15, -0.1) is 0 Å². The van der Waals surface area contributed by atoms with E-state index in [0.717, 1.165) is 30.6 Å². The van der Waals surface area contributed by atoms with Gasteiger partial charge in [-0.3, -0.25) is 4.79 Å². The minimum absolute atomic E-state index is 0.195. The fourth-order valence-electron chi connectivity index (χ4n) is 2.05. The molecule has 0 heterocycles. The van der Waals surface area contributed by atoms with E-state index in [0.29, 0.717) is 11.6 Å². The molecule has 1 amide bonds. The molecule has 0 saturated heterocycles. The highest BCUT2D eigenvalue weighted by Gasteiger charge is 2.16. The molecule has 0 aliphatic heterocycles. The Bertz CT molecular complexity index is 423. The number of nitrogens with zero attached hydrogens (tertiary/aromatic N) is 1. The molecule has 4 nitrogen and oxygen atoms in total. The van der Waals surface area contributed by atoms with Crippen molar-refractivity contribution in [2.45, 2.75) is 26.3 Å². The first kappa shape index (κ1) is 15.8. The largest absolute Gasteiger partial charge is 0.368 e. The molecule has 19 heavy (non-hydrogen) atoms. The number of carbonyl (C=O) groups is 1. The van der Waals surface area contributed by atoms with Crippen molar-refractivity contribution in [3.8, 4) is 0 Å². The summed E-state index contributed by atoms with van der Waals surface area (Å²) < 4.78 is 0. The van der Waals surface area contributed by atoms with E-state index >= 15 is 0 Å². The number of amides is 1. The second-order valence-corrected chi connectivity index (χ2v) is 4.93. The van der Waals surface area contributed by atoms with E-state index < -0.39 is 0 Å². The Morgan fingerprint density at radius 1 is 1.47 bits per heavy atom. The molecule has 1 aromatic rings. The van der Waals surface area contributed by atoms with Crippen LogP contribution in [0.3, 0.4) is 0 Å². The molecule has 106 valence electrons. The molecule has 0 aromatic heterocycles. The van der Waals surface area contributed by atoms with E-state index in [1.165, 1.54) is 0 Å². The zero-order valence-corrected chi connectivity index (χ0v) is 12.3. The van der Waals surface area contributed by atoms with Crippen LogP contribution in [0.5, 0.6) is 0 Å². The SMILES string of the molecule is CCCCN(CC(N)=O)c1c(Cl)cccc1CNC. The van der Waals surface area contributed by atoms with Crippen LogP contribution >= 0.6 is 11.6 Å². The molecule has 0 bridgehead atoms. The number of hydrogen-bond acceptors (Lipinski definition) is 3. The summed E-state index contributed by atoms with van der Waals surface area (Å²) in [5.41, 5.74) is 7.32. The number of benzene rings is 1. The zero-order chi connectivity index (χ0) is 14.3. The molecule has 0 atom stereocenters. The summed E-state index contributed by atoms with van der Waals surface area (Å²) in [6, 6.07) is 5.77. The van der Waals surface area contributed by atoms with Crippen LogP contribution < -0.4 is 16.0 Å². The van der Waals surface area contributed by atoms with Gasteiger partial charge in [-0.1, -0.05) is 37.1 Å². The second-order valence-electron chi connectivity index (χ2n) is 4.52. The highest BCUT2D eigenvalue weighted by atomic mass is 35.5. The third-order valence-electron chi connectivity index (χ3n) is 2.88. The van der Waals surface area contributed by atoms with Crippen LogP contribution in [0.25, 0.3) is 0 Å². The van der Waals surface area contributed by atoms with E-state index in [-0.39, 0.29) is 12.5 Å². The molecular weight excluding hydrogens is 262 g/mol. The van der Waals surface area contributed by atoms with E-state index in [1.54, 1.807) is 0 Å². The first-order valence-corrected chi connectivity index (χ1v) is 6.93. The standard InChI is InChI=1S/C14H22ClN3O/c1-3-4-8-18(10-13(16)19)14-11(9-17-2)6-5-7-12(14)15/h5-7,17H,3-4,8-10H2,1-2H3,(H2,16,19). The summed E-state index contributed by atoms with van der Waals surface area (Å²) in [6.07, 6.45) is 2.05. The highest BCUT2D eigenvalue weighted by molar-refractivity contribution is 6.33. The van der Waals surface area contributed by atoms with Crippen molar-refractivity contribution >= 4 is 23.2 Å². The predicted molar refractivity (Wildman–Crippen MR) is 80.5 cm³/mol. The third kappa shape index (κ3) is 4.73. The molecule has 0 aliphatic rings. The predicted octanol–water partition coefficient (Wildman–Crippen LogP) is 2.15. The number of primary amides is 1. The maximum Gasteiger partial charge on any atom is 0.236 e. The number of rotatable bonds is 8. The fourth-order valence-corrected chi connectivity index (χ4v) is 2.37. The van der Waals surface area contributed by atoms with Gasteiger partial charge in [0.05, 0.1) is 17.3 Å². The molecule has 0 radical (unpaired) electrons. The van der Waals surface area contributed by atoms with Crippen molar-refractivity contribution in [3.05, 3.63) is 28.8 Å².